The zero-order chi connectivity index (χ0) is 21.4. The molecule has 2 aromatic rings. The standard InChI is InChI=1S/C22H32N4O3S/c1-22(2,3)29-21(27)25-17-10-13-26(16-17)20(23-11-8-18-6-4-14-28-18)24-12-9-19-7-5-15-30-19/h4-7,14-15,17H,8-13,16H2,1-3H3,(H,23,24)(H,25,27). The minimum absolute atomic E-state index is 0.0502. The summed E-state index contributed by atoms with van der Waals surface area (Å²) >= 11 is 1.76. The molecule has 0 radical (unpaired) electrons. The number of rotatable bonds is 7. The zero-order valence-electron chi connectivity index (χ0n) is 18.0. The highest BCUT2D eigenvalue weighted by molar-refractivity contribution is 7.09. The molecule has 1 amide bonds. The fourth-order valence-electron chi connectivity index (χ4n) is 3.29. The number of hydrogen-bond acceptors (Lipinski definition) is 5. The number of ether oxygens (including phenoxy) is 1. The molecule has 0 aromatic carbocycles. The van der Waals surface area contributed by atoms with Gasteiger partial charge in [0.1, 0.15) is 11.4 Å². The molecule has 3 heterocycles. The molecule has 3 rings (SSSR count). The number of carbonyl (C=O) groups excluding carboxylic acids is 1. The fourth-order valence-corrected chi connectivity index (χ4v) is 3.99. The van der Waals surface area contributed by atoms with Crippen LogP contribution in [0.15, 0.2) is 45.3 Å². The fraction of sp³-hybridized carbons (Fsp3) is 0.545. The summed E-state index contributed by atoms with van der Waals surface area (Å²) in [5.74, 6) is 1.83. The van der Waals surface area contributed by atoms with Gasteiger partial charge >= 0.3 is 6.09 Å². The summed E-state index contributed by atoms with van der Waals surface area (Å²) in [5, 5.41) is 8.54. The van der Waals surface area contributed by atoms with Gasteiger partial charge in [-0.1, -0.05) is 6.07 Å². The van der Waals surface area contributed by atoms with Crippen molar-refractivity contribution in [3.63, 3.8) is 0 Å². The number of nitrogens with one attached hydrogen (secondary N) is 2. The molecule has 1 aliphatic rings. The predicted molar refractivity (Wildman–Crippen MR) is 120 cm³/mol. The van der Waals surface area contributed by atoms with E-state index in [9.17, 15) is 4.79 Å². The molecule has 1 atom stereocenters. The van der Waals surface area contributed by atoms with Crippen LogP contribution in [0.25, 0.3) is 0 Å². The van der Waals surface area contributed by atoms with Gasteiger partial charge in [-0.2, -0.15) is 0 Å². The number of nitrogens with zero attached hydrogens (tertiary/aromatic N) is 2. The summed E-state index contributed by atoms with van der Waals surface area (Å²) in [6.07, 6.45) is 3.91. The number of thiophene rings is 1. The Labute approximate surface area is 182 Å². The van der Waals surface area contributed by atoms with Crippen LogP contribution in [0.4, 0.5) is 4.79 Å². The van der Waals surface area contributed by atoms with Gasteiger partial charge in [0.15, 0.2) is 5.96 Å². The third-order valence-corrected chi connectivity index (χ3v) is 5.58. The van der Waals surface area contributed by atoms with E-state index in [0.717, 1.165) is 50.6 Å². The van der Waals surface area contributed by atoms with Crippen molar-refractivity contribution in [1.82, 2.24) is 15.5 Å². The molecule has 1 aliphatic heterocycles. The van der Waals surface area contributed by atoms with Crippen LogP contribution in [-0.4, -0.2) is 54.8 Å². The number of amides is 1. The number of furan rings is 1. The van der Waals surface area contributed by atoms with Crippen LogP contribution in [-0.2, 0) is 17.6 Å². The van der Waals surface area contributed by atoms with E-state index in [2.05, 4.69) is 33.0 Å². The number of guanidine groups is 1. The average Bonchev–Trinajstić information content (AvgIpc) is 3.42. The molecule has 164 valence electrons. The topological polar surface area (TPSA) is 79.1 Å². The van der Waals surface area contributed by atoms with Crippen LogP contribution < -0.4 is 10.6 Å². The minimum Gasteiger partial charge on any atom is -0.469 e. The normalized spacial score (nSPS) is 17.2. The average molecular weight is 433 g/mol. The second-order valence-corrected chi connectivity index (χ2v) is 9.40. The molecule has 2 N–H and O–H groups in total. The van der Waals surface area contributed by atoms with Crippen molar-refractivity contribution < 1.29 is 13.9 Å². The van der Waals surface area contributed by atoms with Crippen molar-refractivity contribution in [1.29, 1.82) is 0 Å². The highest BCUT2D eigenvalue weighted by atomic mass is 32.1. The third-order valence-electron chi connectivity index (χ3n) is 4.64. The molecule has 0 saturated carbocycles. The molecule has 30 heavy (non-hydrogen) atoms. The Kier molecular flexibility index (Phi) is 7.79. The summed E-state index contributed by atoms with van der Waals surface area (Å²) in [6.45, 7) is 8.63. The van der Waals surface area contributed by atoms with Crippen molar-refractivity contribution in [3.05, 3.63) is 46.5 Å². The van der Waals surface area contributed by atoms with Crippen LogP contribution >= 0.6 is 11.3 Å². The smallest absolute Gasteiger partial charge is 0.407 e. The maximum absolute atomic E-state index is 12.1. The van der Waals surface area contributed by atoms with Gasteiger partial charge in [-0.3, -0.25) is 4.99 Å². The van der Waals surface area contributed by atoms with Gasteiger partial charge in [0, 0.05) is 43.9 Å². The molecule has 0 aliphatic carbocycles. The van der Waals surface area contributed by atoms with E-state index in [4.69, 9.17) is 14.1 Å². The highest BCUT2D eigenvalue weighted by Crippen LogP contribution is 2.13. The number of aliphatic imine (C=N–C) groups is 1. The second kappa shape index (κ2) is 10.5. The van der Waals surface area contributed by atoms with Crippen LogP contribution in [0.1, 0.15) is 37.8 Å². The summed E-state index contributed by atoms with van der Waals surface area (Å²) in [4.78, 5) is 20.5. The van der Waals surface area contributed by atoms with E-state index in [1.807, 2.05) is 32.9 Å². The van der Waals surface area contributed by atoms with Crippen molar-refractivity contribution in [2.24, 2.45) is 4.99 Å². The Morgan fingerprint density at radius 3 is 2.90 bits per heavy atom. The number of likely N-dealkylation sites (tertiary alicyclic amines) is 1. The van der Waals surface area contributed by atoms with Gasteiger partial charge in [0.2, 0.25) is 0 Å². The first kappa shape index (κ1) is 22.2. The molecular weight excluding hydrogens is 400 g/mol. The van der Waals surface area contributed by atoms with Crippen LogP contribution in [0.5, 0.6) is 0 Å². The van der Waals surface area contributed by atoms with Gasteiger partial charge in [0.25, 0.3) is 0 Å². The maximum Gasteiger partial charge on any atom is 0.407 e. The molecule has 7 nitrogen and oxygen atoms in total. The molecule has 1 fully saturated rings. The summed E-state index contributed by atoms with van der Waals surface area (Å²) in [5.41, 5.74) is -0.496. The Bertz CT molecular complexity index is 797. The first-order valence-electron chi connectivity index (χ1n) is 10.5. The highest BCUT2D eigenvalue weighted by Gasteiger charge is 2.28. The zero-order valence-corrected chi connectivity index (χ0v) is 18.8. The van der Waals surface area contributed by atoms with Crippen LogP contribution in [0.3, 0.4) is 0 Å². The van der Waals surface area contributed by atoms with Gasteiger partial charge < -0.3 is 24.7 Å². The van der Waals surface area contributed by atoms with Crippen molar-refractivity contribution in [3.8, 4) is 0 Å². The van der Waals surface area contributed by atoms with E-state index >= 15 is 0 Å². The minimum atomic E-state index is -0.496. The van der Waals surface area contributed by atoms with Gasteiger partial charge in [0.05, 0.1) is 12.3 Å². The molecule has 1 unspecified atom stereocenters. The number of hydrogen-bond donors (Lipinski definition) is 2. The lowest BCUT2D eigenvalue weighted by Gasteiger charge is -2.23. The van der Waals surface area contributed by atoms with Crippen molar-refractivity contribution >= 4 is 23.4 Å². The van der Waals surface area contributed by atoms with Crippen molar-refractivity contribution in [2.45, 2.75) is 51.7 Å². The quantitative estimate of drug-likeness (QED) is 0.516. The van der Waals surface area contributed by atoms with Crippen LogP contribution in [0.2, 0.25) is 0 Å². The van der Waals surface area contributed by atoms with Gasteiger partial charge in [-0.15, -0.1) is 11.3 Å². The molecule has 2 aromatic heterocycles. The largest absolute Gasteiger partial charge is 0.469 e. The van der Waals surface area contributed by atoms with E-state index in [1.54, 1.807) is 17.6 Å². The van der Waals surface area contributed by atoms with E-state index in [1.165, 1.54) is 4.88 Å². The Morgan fingerprint density at radius 1 is 1.33 bits per heavy atom. The third kappa shape index (κ3) is 7.40. The van der Waals surface area contributed by atoms with Crippen molar-refractivity contribution in [2.75, 3.05) is 26.2 Å². The molecular formula is C22H32N4O3S. The van der Waals surface area contributed by atoms with E-state index in [-0.39, 0.29) is 12.1 Å². The summed E-state index contributed by atoms with van der Waals surface area (Å²) in [6, 6.07) is 8.14. The molecule has 1 saturated heterocycles. The number of alkyl carbamates (subject to hydrolysis) is 1. The maximum atomic E-state index is 12.1. The lowest BCUT2D eigenvalue weighted by atomic mass is 10.2. The lowest BCUT2D eigenvalue weighted by molar-refractivity contribution is 0.0507. The second-order valence-electron chi connectivity index (χ2n) is 8.37. The number of carbonyl (C=O) groups is 1. The Morgan fingerprint density at radius 2 is 2.20 bits per heavy atom. The predicted octanol–water partition coefficient (Wildman–Crippen LogP) is 3.67. The Hall–Kier alpha value is -2.48. The van der Waals surface area contributed by atoms with Crippen LogP contribution in [0, 0.1) is 0 Å². The first-order valence-corrected chi connectivity index (χ1v) is 11.3. The van der Waals surface area contributed by atoms with Gasteiger partial charge in [-0.25, -0.2) is 4.79 Å². The summed E-state index contributed by atoms with van der Waals surface area (Å²) < 4.78 is 10.8. The van der Waals surface area contributed by atoms with Gasteiger partial charge in [-0.05, 0) is 50.8 Å². The summed E-state index contributed by atoms with van der Waals surface area (Å²) in [7, 11) is 0. The SMILES string of the molecule is CC(C)(C)OC(=O)NC1CCN(C(=NCCc2cccs2)NCCc2ccco2)C1. The molecule has 0 spiro atoms. The van der Waals surface area contributed by atoms with E-state index < -0.39 is 5.60 Å². The Balaban J connectivity index is 1.54. The molecule has 0 bridgehead atoms. The first-order chi connectivity index (χ1) is 14.4. The monoisotopic (exact) mass is 432 g/mol. The van der Waals surface area contributed by atoms with E-state index in [0.29, 0.717) is 6.54 Å². The molecule has 8 heteroatoms. The lowest BCUT2D eigenvalue weighted by Crippen LogP contribution is -2.44.